The molecule has 0 aliphatic heterocycles. The molecule has 1 N–H and O–H groups in total. The molecule has 2 rings (SSSR count). The first-order valence-corrected chi connectivity index (χ1v) is 9.52. The second-order valence-electron chi connectivity index (χ2n) is 7.86. The number of carboxylic acid groups (broad SMARTS) is 1. The molecule has 2 aromatic rings. The highest BCUT2D eigenvalue weighted by Gasteiger charge is 2.26. The number of ether oxygens (including phenoxy) is 1. The van der Waals surface area contributed by atoms with E-state index in [1.807, 2.05) is 24.3 Å². The minimum absolute atomic E-state index is 0.522. The molecule has 2 aromatic carbocycles. The van der Waals surface area contributed by atoms with Gasteiger partial charge in [0.05, 0.1) is 12.0 Å². The Kier molecular flexibility index (Phi) is 7.23. The summed E-state index contributed by atoms with van der Waals surface area (Å²) in [6.07, 6.45) is 5.50. The van der Waals surface area contributed by atoms with Crippen molar-refractivity contribution in [2.24, 2.45) is 5.41 Å². The Morgan fingerprint density at radius 1 is 1.00 bits per heavy atom. The SMILES string of the molecule is CC(C)c1ccc(/C=C/c2ccc(OCCCC(C)(C)C(=O)O)cc2)cc1. The van der Waals surface area contributed by atoms with Gasteiger partial charge in [-0.2, -0.15) is 0 Å². The monoisotopic (exact) mass is 366 g/mol. The van der Waals surface area contributed by atoms with Crippen molar-refractivity contribution in [2.45, 2.75) is 46.5 Å². The standard InChI is InChI=1S/C24H30O3/c1-18(2)21-12-8-19(9-13-21)6-7-20-10-14-22(15-11-20)27-17-5-16-24(3,4)23(25)26/h6-15,18H,5,16-17H2,1-4H3,(H,25,26)/b7-6+. The Labute approximate surface area is 162 Å². The average Bonchev–Trinajstić information content (AvgIpc) is 2.64. The van der Waals surface area contributed by atoms with E-state index in [-0.39, 0.29) is 0 Å². The Bertz CT molecular complexity index is 753. The summed E-state index contributed by atoms with van der Waals surface area (Å²) < 4.78 is 5.72. The lowest BCUT2D eigenvalue weighted by Crippen LogP contribution is -2.24. The van der Waals surface area contributed by atoms with E-state index in [2.05, 4.69) is 50.3 Å². The molecule has 0 spiro atoms. The lowest BCUT2D eigenvalue weighted by molar-refractivity contribution is -0.147. The second-order valence-corrected chi connectivity index (χ2v) is 7.86. The zero-order valence-electron chi connectivity index (χ0n) is 16.7. The van der Waals surface area contributed by atoms with Crippen LogP contribution in [0.3, 0.4) is 0 Å². The Morgan fingerprint density at radius 3 is 2.00 bits per heavy atom. The van der Waals surface area contributed by atoms with Crippen molar-refractivity contribution in [1.29, 1.82) is 0 Å². The first kappa shape index (κ1) is 20.8. The van der Waals surface area contributed by atoms with Gasteiger partial charge in [0.15, 0.2) is 0 Å². The zero-order chi connectivity index (χ0) is 19.9. The predicted molar refractivity (Wildman–Crippen MR) is 112 cm³/mol. The molecule has 0 aromatic heterocycles. The number of benzene rings is 2. The van der Waals surface area contributed by atoms with Crippen molar-refractivity contribution in [3.05, 3.63) is 65.2 Å². The van der Waals surface area contributed by atoms with Crippen LogP contribution >= 0.6 is 0 Å². The minimum Gasteiger partial charge on any atom is -0.494 e. The molecule has 0 amide bonds. The highest BCUT2D eigenvalue weighted by molar-refractivity contribution is 5.73. The van der Waals surface area contributed by atoms with Crippen LogP contribution in [0.2, 0.25) is 0 Å². The third-order valence-electron chi connectivity index (χ3n) is 4.75. The van der Waals surface area contributed by atoms with Crippen LogP contribution in [0.4, 0.5) is 0 Å². The van der Waals surface area contributed by atoms with Gasteiger partial charge in [-0.3, -0.25) is 4.79 Å². The van der Waals surface area contributed by atoms with Gasteiger partial charge in [-0.05, 0) is 61.4 Å². The number of rotatable bonds is 9. The van der Waals surface area contributed by atoms with Gasteiger partial charge in [0, 0.05) is 0 Å². The highest BCUT2D eigenvalue weighted by Crippen LogP contribution is 2.23. The molecule has 0 fully saturated rings. The maximum atomic E-state index is 11.1. The van der Waals surface area contributed by atoms with E-state index in [1.165, 1.54) is 11.1 Å². The number of hydrogen-bond acceptors (Lipinski definition) is 2. The van der Waals surface area contributed by atoms with E-state index in [0.717, 1.165) is 11.3 Å². The van der Waals surface area contributed by atoms with Crippen LogP contribution in [0.1, 0.15) is 63.1 Å². The van der Waals surface area contributed by atoms with Crippen molar-refractivity contribution >= 4 is 18.1 Å². The summed E-state index contributed by atoms with van der Waals surface area (Å²) in [7, 11) is 0. The number of hydrogen-bond donors (Lipinski definition) is 1. The molecular formula is C24H30O3. The molecule has 0 aliphatic carbocycles. The van der Waals surface area contributed by atoms with Gasteiger partial charge in [-0.25, -0.2) is 0 Å². The van der Waals surface area contributed by atoms with E-state index >= 15 is 0 Å². The van der Waals surface area contributed by atoms with Gasteiger partial charge >= 0.3 is 5.97 Å². The Hall–Kier alpha value is -2.55. The number of carboxylic acids is 1. The molecular weight excluding hydrogens is 336 g/mol. The molecule has 0 atom stereocenters. The van der Waals surface area contributed by atoms with Crippen molar-refractivity contribution < 1.29 is 14.6 Å². The maximum absolute atomic E-state index is 11.1. The molecule has 27 heavy (non-hydrogen) atoms. The van der Waals surface area contributed by atoms with Crippen LogP contribution in [0, 0.1) is 5.41 Å². The summed E-state index contributed by atoms with van der Waals surface area (Å²) in [4.78, 5) is 11.1. The Morgan fingerprint density at radius 2 is 1.52 bits per heavy atom. The normalized spacial score (nSPS) is 11.9. The van der Waals surface area contributed by atoms with Crippen LogP contribution in [-0.2, 0) is 4.79 Å². The van der Waals surface area contributed by atoms with E-state index in [9.17, 15) is 4.79 Å². The molecule has 144 valence electrons. The van der Waals surface area contributed by atoms with E-state index in [0.29, 0.717) is 25.4 Å². The van der Waals surface area contributed by atoms with Crippen LogP contribution in [-0.4, -0.2) is 17.7 Å². The van der Waals surface area contributed by atoms with Crippen molar-refractivity contribution in [3.8, 4) is 5.75 Å². The molecule has 0 radical (unpaired) electrons. The van der Waals surface area contributed by atoms with Crippen LogP contribution < -0.4 is 4.74 Å². The topological polar surface area (TPSA) is 46.5 Å². The van der Waals surface area contributed by atoms with Gasteiger partial charge in [0.2, 0.25) is 0 Å². The third kappa shape index (κ3) is 6.59. The first-order chi connectivity index (χ1) is 12.8. The smallest absolute Gasteiger partial charge is 0.309 e. The second kappa shape index (κ2) is 9.40. The molecule has 0 unspecified atom stereocenters. The molecule has 0 saturated heterocycles. The minimum atomic E-state index is -0.766. The highest BCUT2D eigenvalue weighted by atomic mass is 16.5. The molecule has 3 nitrogen and oxygen atoms in total. The fourth-order valence-corrected chi connectivity index (χ4v) is 2.67. The van der Waals surface area contributed by atoms with Crippen LogP contribution in [0.25, 0.3) is 12.2 Å². The van der Waals surface area contributed by atoms with Crippen molar-refractivity contribution in [2.75, 3.05) is 6.61 Å². The largest absolute Gasteiger partial charge is 0.494 e. The summed E-state index contributed by atoms with van der Waals surface area (Å²) in [6.45, 7) is 8.40. The molecule has 0 heterocycles. The summed E-state index contributed by atoms with van der Waals surface area (Å²) in [6, 6.07) is 16.6. The van der Waals surface area contributed by atoms with E-state index in [4.69, 9.17) is 9.84 Å². The fourth-order valence-electron chi connectivity index (χ4n) is 2.67. The van der Waals surface area contributed by atoms with Gasteiger partial charge in [0.1, 0.15) is 5.75 Å². The zero-order valence-corrected chi connectivity index (χ0v) is 16.7. The summed E-state index contributed by atoms with van der Waals surface area (Å²) in [5, 5.41) is 9.11. The van der Waals surface area contributed by atoms with Gasteiger partial charge in [0.25, 0.3) is 0 Å². The van der Waals surface area contributed by atoms with Crippen molar-refractivity contribution in [3.63, 3.8) is 0 Å². The maximum Gasteiger partial charge on any atom is 0.309 e. The Balaban J connectivity index is 1.83. The molecule has 0 aliphatic rings. The molecule has 0 bridgehead atoms. The van der Waals surface area contributed by atoms with Crippen molar-refractivity contribution in [1.82, 2.24) is 0 Å². The predicted octanol–water partition coefficient (Wildman–Crippen LogP) is 6.25. The third-order valence-corrected chi connectivity index (χ3v) is 4.75. The first-order valence-electron chi connectivity index (χ1n) is 9.52. The van der Waals surface area contributed by atoms with E-state index < -0.39 is 11.4 Å². The quantitative estimate of drug-likeness (QED) is 0.421. The number of aliphatic carboxylic acids is 1. The molecule has 3 heteroatoms. The fraction of sp³-hybridized carbons (Fsp3) is 0.375. The summed E-state index contributed by atoms with van der Waals surface area (Å²) >= 11 is 0. The summed E-state index contributed by atoms with van der Waals surface area (Å²) in [5.41, 5.74) is 2.94. The van der Waals surface area contributed by atoms with Gasteiger partial charge in [-0.1, -0.05) is 62.4 Å². The van der Waals surface area contributed by atoms with Crippen LogP contribution in [0.5, 0.6) is 5.75 Å². The number of carbonyl (C=O) groups is 1. The lowest BCUT2D eigenvalue weighted by Gasteiger charge is -2.18. The van der Waals surface area contributed by atoms with Crippen LogP contribution in [0.15, 0.2) is 48.5 Å². The van der Waals surface area contributed by atoms with Gasteiger partial charge < -0.3 is 9.84 Å². The average molecular weight is 367 g/mol. The van der Waals surface area contributed by atoms with E-state index in [1.54, 1.807) is 13.8 Å². The van der Waals surface area contributed by atoms with Gasteiger partial charge in [-0.15, -0.1) is 0 Å². The molecule has 0 saturated carbocycles. The lowest BCUT2D eigenvalue weighted by atomic mass is 9.88. The summed E-state index contributed by atoms with van der Waals surface area (Å²) in [5.74, 6) is 0.588.